The average Bonchev–Trinajstić information content (AvgIpc) is 2.34. The molecule has 0 radical (unpaired) electrons. The lowest BCUT2D eigenvalue weighted by molar-refractivity contribution is 0.685. The maximum Gasteiger partial charge on any atom is 0.0366 e. The van der Waals surface area contributed by atoms with Crippen molar-refractivity contribution in [3.05, 3.63) is 23.4 Å². The van der Waals surface area contributed by atoms with E-state index in [4.69, 9.17) is 0 Å². The fourth-order valence-electron chi connectivity index (χ4n) is 1.85. The van der Waals surface area contributed by atoms with Crippen LogP contribution in [-0.4, -0.2) is 6.54 Å². The maximum atomic E-state index is 3.97. The van der Waals surface area contributed by atoms with Gasteiger partial charge < -0.3 is 5.32 Å². The zero-order chi connectivity index (χ0) is 6.97. The topological polar surface area (TPSA) is 12.0 Å². The van der Waals surface area contributed by atoms with Crippen molar-refractivity contribution in [2.45, 2.75) is 25.7 Å². The van der Waals surface area contributed by atoms with E-state index in [0.717, 1.165) is 6.54 Å². The Labute approximate surface area is 61.8 Å². The van der Waals surface area contributed by atoms with Crippen LogP contribution in [0.3, 0.4) is 0 Å². The second-order valence-corrected chi connectivity index (χ2v) is 3.12. The van der Waals surface area contributed by atoms with Gasteiger partial charge in [-0.2, -0.15) is 0 Å². The van der Waals surface area contributed by atoms with Crippen LogP contribution in [0.25, 0.3) is 0 Å². The number of nitrogens with one attached hydrogen (secondary N) is 1. The molecule has 0 atom stereocenters. The van der Waals surface area contributed by atoms with E-state index < -0.39 is 0 Å². The number of hydrogen-bond donors (Lipinski definition) is 1. The molecule has 1 aliphatic heterocycles. The summed E-state index contributed by atoms with van der Waals surface area (Å²) in [6.45, 7) is 5.05. The van der Waals surface area contributed by atoms with E-state index >= 15 is 0 Å². The van der Waals surface area contributed by atoms with Crippen LogP contribution in [0, 0.1) is 0 Å². The zero-order valence-electron chi connectivity index (χ0n) is 6.24. The molecular formula is C9H13N. The second kappa shape index (κ2) is 2.15. The highest BCUT2D eigenvalue weighted by atomic mass is 14.9. The summed E-state index contributed by atoms with van der Waals surface area (Å²) in [5, 5.41) is 3.29. The molecule has 0 aromatic carbocycles. The van der Waals surface area contributed by atoms with E-state index in [1.165, 1.54) is 37.0 Å². The summed E-state index contributed by atoms with van der Waals surface area (Å²) in [4.78, 5) is 0. The lowest BCUT2D eigenvalue weighted by Crippen LogP contribution is -2.05. The highest BCUT2D eigenvalue weighted by Crippen LogP contribution is 2.31. The van der Waals surface area contributed by atoms with Crippen molar-refractivity contribution in [2.75, 3.05) is 6.54 Å². The minimum absolute atomic E-state index is 1.08. The summed E-state index contributed by atoms with van der Waals surface area (Å²) in [6, 6.07) is 0. The van der Waals surface area contributed by atoms with Gasteiger partial charge in [0.15, 0.2) is 0 Å². The van der Waals surface area contributed by atoms with E-state index in [-0.39, 0.29) is 0 Å². The summed E-state index contributed by atoms with van der Waals surface area (Å²) in [5.41, 5.74) is 4.34. The summed E-state index contributed by atoms with van der Waals surface area (Å²) in [5.74, 6) is 0. The standard InChI is InChI=1S/C9H13N/c1-7-9-5-3-2-4-8(9)6-10-7/h10H,1-6H2. The van der Waals surface area contributed by atoms with Crippen molar-refractivity contribution in [2.24, 2.45) is 0 Å². The Bertz CT molecular complexity index is 201. The van der Waals surface area contributed by atoms with E-state index in [9.17, 15) is 0 Å². The minimum Gasteiger partial charge on any atom is -0.382 e. The molecule has 0 aromatic rings. The summed E-state index contributed by atoms with van der Waals surface area (Å²) in [7, 11) is 0. The lowest BCUT2D eigenvalue weighted by Gasteiger charge is -2.11. The maximum absolute atomic E-state index is 3.97. The Morgan fingerprint density at radius 3 is 2.80 bits per heavy atom. The van der Waals surface area contributed by atoms with Gasteiger partial charge in [0.1, 0.15) is 0 Å². The fourth-order valence-corrected chi connectivity index (χ4v) is 1.85. The Kier molecular flexibility index (Phi) is 1.30. The predicted octanol–water partition coefficient (Wildman–Crippen LogP) is 1.97. The molecule has 0 spiro atoms. The SMILES string of the molecule is C=C1NCC2=C1CCCC2. The Morgan fingerprint density at radius 1 is 1.20 bits per heavy atom. The first-order chi connectivity index (χ1) is 4.88. The van der Waals surface area contributed by atoms with Gasteiger partial charge in [-0.15, -0.1) is 0 Å². The minimum atomic E-state index is 1.08. The molecule has 1 heteroatoms. The third-order valence-electron chi connectivity index (χ3n) is 2.46. The van der Waals surface area contributed by atoms with Gasteiger partial charge in [0.25, 0.3) is 0 Å². The zero-order valence-corrected chi connectivity index (χ0v) is 6.24. The fraction of sp³-hybridized carbons (Fsp3) is 0.556. The quantitative estimate of drug-likeness (QED) is 0.535. The Morgan fingerprint density at radius 2 is 2.00 bits per heavy atom. The largest absolute Gasteiger partial charge is 0.382 e. The van der Waals surface area contributed by atoms with Crippen LogP contribution in [0.4, 0.5) is 0 Å². The van der Waals surface area contributed by atoms with Gasteiger partial charge in [-0.05, 0) is 36.8 Å². The molecule has 0 saturated carbocycles. The number of rotatable bonds is 0. The molecular weight excluding hydrogens is 122 g/mol. The monoisotopic (exact) mass is 135 g/mol. The molecule has 1 heterocycles. The summed E-state index contributed by atoms with van der Waals surface area (Å²) >= 11 is 0. The molecule has 10 heavy (non-hydrogen) atoms. The van der Waals surface area contributed by atoms with E-state index in [2.05, 4.69) is 11.9 Å². The molecule has 0 saturated heterocycles. The molecule has 2 aliphatic rings. The van der Waals surface area contributed by atoms with Crippen molar-refractivity contribution in [3.63, 3.8) is 0 Å². The van der Waals surface area contributed by atoms with Crippen LogP contribution in [0.1, 0.15) is 25.7 Å². The molecule has 1 aliphatic carbocycles. The van der Waals surface area contributed by atoms with Crippen molar-refractivity contribution in [1.82, 2.24) is 5.32 Å². The molecule has 0 aromatic heterocycles. The van der Waals surface area contributed by atoms with Gasteiger partial charge in [0, 0.05) is 12.2 Å². The van der Waals surface area contributed by atoms with E-state index in [0.29, 0.717) is 0 Å². The van der Waals surface area contributed by atoms with Crippen LogP contribution < -0.4 is 5.32 Å². The van der Waals surface area contributed by atoms with Gasteiger partial charge in [0.2, 0.25) is 0 Å². The molecule has 0 bridgehead atoms. The molecule has 54 valence electrons. The van der Waals surface area contributed by atoms with E-state index in [1.54, 1.807) is 5.57 Å². The number of allylic oxidation sites excluding steroid dienone is 1. The Balaban J connectivity index is 2.29. The third-order valence-corrected chi connectivity index (χ3v) is 2.46. The molecule has 0 unspecified atom stereocenters. The molecule has 2 rings (SSSR count). The highest BCUT2D eigenvalue weighted by Gasteiger charge is 2.19. The first-order valence-electron chi connectivity index (χ1n) is 4.02. The van der Waals surface area contributed by atoms with Crippen LogP contribution in [0.5, 0.6) is 0 Å². The van der Waals surface area contributed by atoms with Crippen LogP contribution in [0.2, 0.25) is 0 Å². The Hall–Kier alpha value is -0.720. The van der Waals surface area contributed by atoms with Crippen molar-refractivity contribution in [1.29, 1.82) is 0 Å². The van der Waals surface area contributed by atoms with Gasteiger partial charge in [0.05, 0.1) is 0 Å². The van der Waals surface area contributed by atoms with Crippen LogP contribution in [-0.2, 0) is 0 Å². The van der Waals surface area contributed by atoms with E-state index in [1.807, 2.05) is 0 Å². The molecule has 0 fully saturated rings. The first-order valence-corrected chi connectivity index (χ1v) is 4.02. The smallest absolute Gasteiger partial charge is 0.0366 e. The average molecular weight is 135 g/mol. The molecule has 1 N–H and O–H groups in total. The van der Waals surface area contributed by atoms with Gasteiger partial charge in [-0.3, -0.25) is 0 Å². The third kappa shape index (κ3) is 0.772. The van der Waals surface area contributed by atoms with Crippen molar-refractivity contribution in [3.8, 4) is 0 Å². The normalized spacial score (nSPS) is 24.6. The van der Waals surface area contributed by atoms with Crippen LogP contribution >= 0.6 is 0 Å². The molecule has 1 nitrogen and oxygen atoms in total. The van der Waals surface area contributed by atoms with Crippen molar-refractivity contribution < 1.29 is 0 Å². The second-order valence-electron chi connectivity index (χ2n) is 3.12. The number of hydrogen-bond acceptors (Lipinski definition) is 1. The van der Waals surface area contributed by atoms with Gasteiger partial charge >= 0.3 is 0 Å². The van der Waals surface area contributed by atoms with Crippen molar-refractivity contribution >= 4 is 0 Å². The van der Waals surface area contributed by atoms with Gasteiger partial charge in [-0.1, -0.05) is 6.58 Å². The lowest BCUT2D eigenvalue weighted by atomic mass is 9.93. The first kappa shape index (κ1) is 6.02. The van der Waals surface area contributed by atoms with Crippen LogP contribution in [0.15, 0.2) is 23.4 Å². The van der Waals surface area contributed by atoms with Gasteiger partial charge in [-0.25, -0.2) is 0 Å². The summed E-state index contributed by atoms with van der Waals surface area (Å²) in [6.07, 6.45) is 5.32. The predicted molar refractivity (Wildman–Crippen MR) is 42.6 cm³/mol. The molecule has 0 amide bonds. The summed E-state index contributed by atoms with van der Waals surface area (Å²) < 4.78 is 0. The highest BCUT2D eigenvalue weighted by molar-refractivity contribution is 5.39.